The molecule has 96 valence electrons. The van der Waals surface area contributed by atoms with Gasteiger partial charge in [-0.2, -0.15) is 8.42 Å². The molecule has 3 N–H and O–H groups in total. The number of nitrogens with zero attached hydrogens (tertiary/aromatic N) is 1. The van der Waals surface area contributed by atoms with Gasteiger partial charge in [-0.25, -0.2) is 4.31 Å². The zero-order valence-corrected chi connectivity index (χ0v) is 10.1. The minimum Gasteiger partial charge on any atom is -0.318 e. The lowest BCUT2D eigenvalue weighted by atomic mass is 9.99. The summed E-state index contributed by atoms with van der Waals surface area (Å²) in [6.07, 6.45) is 3.13. The van der Waals surface area contributed by atoms with E-state index in [1.807, 2.05) is 30.3 Å². The summed E-state index contributed by atoms with van der Waals surface area (Å²) in [5.41, 5.74) is 6.35. The van der Waals surface area contributed by atoms with Crippen molar-refractivity contribution in [1.29, 1.82) is 0 Å². The lowest BCUT2D eigenvalue weighted by Gasteiger charge is -2.40. The van der Waals surface area contributed by atoms with Gasteiger partial charge in [0.05, 0.1) is 6.04 Å². The second kappa shape index (κ2) is 4.52. The van der Waals surface area contributed by atoms with E-state index in [1.165, 1.54) is 6.08 Å². The van der Waals surface area contributed by atoms with Crippen LogP contribution in [0.5, 0.6) is 0 Å². The highest BCUT2D eigenvalue weighted by atomic mass is 32.2. The smallest absolute Gasteiger partial charge is 0.318 e. The van der Waals surface area contributed by atoms with Gasteiger partial charge in [0.1, 0.15) is 6.04 Å². The van der Waals surface area contributed by atoms with Crippen LogP contribution in [-0.2, 0) is 15.1 Å². The molecule has 1 aliphatic rings. The summed E-state index contributed by atoms with van der Waals surface area (Å²) in [6, 6.07) is 7.36. The highest BCUT2D eigenvalue weighted by Crippen LogP contribution is 2.23. The van der Waals surface area contributed by atoms with E-state index in [4.69, 9.17) is 10.3 Å². The van der Waals surface area contributed by atoms with Crippen LogP contribution in [0, 0.1) is 0 Å². The van der Waals surface area contributed by atoms with E-state index >= 15 is 0 Å². The number of β-lactam (4-membered cyclic amide) rings is 1. The van der Waals surface area contributed by atoms with Crippen LogP contribution in [0.2, 0.25) is 0 Å². The van der Waals surface area contributed by atoms with Gasteiger partial charge in [-0.3, -0.25) is 9.35 Å². The molecule has 1 amide bonds. The molecule has 0 spiro atoms. The van der Waals surface area contributed by atoms with Crippen molar-refractivity contribution in [1.82, 2.24) is 4.31 Å². The molecule has 1 saturated heterocycles. The lowest BCUT2D eigenvalue weighted by Crippen LogP contribution is -2.69. The fraction of sp³-hybridized carbons (Fsp3) is 0.182. The number of carbonyl (C=O) groups is 1. The molecule has 6 nitrogen and oxygen atoms in total. The Balaban J connectivity index is 2.19. The van der Waals surface area contributed by atoms with Crippen molar-refractivity contribution in [3.63, 3.8) is 0 Å². The summed E-state index contributed by atoms with van der Waals surface area (Å²) in [5.74, 6) is -0.805. The Hall–Kier alpha value is -1.70. The summed E-state index contributed by atoms with van der Waals surface area (Å²) in [7, 11) is -4.55. The first-order valence-electron chi connectivity index (χ1n) is 5.21. The van der Waals surface area contributed by atoms with E-state index in [0.717, 1.165) is 5.56 Å². The molecule has 0 aromatic heterocycles. The maximum absolute atomic E-state index is 11.3. The van der Waals surface area contributed by atoms with E-state index in [2.05, 4.69) is 0 Å². The molecule has 0 radical (unpaired) electrons. The van der Waals surface area contributed by atoms with Crippen LogP contribution >= 0.6 is 0 Å². The average molecular weight is 268 g/mol. The second-order valence-electron chi connectivity index (χ2n) is 3.90. The normalized spacial score (nSPS) is 24.3. The van der Waals surface area contributed by atoms with Crippen LogP contribution in [0.1, 0.15) is 5.56 Å². The molecule has 1 aliphatic heterocycles. The van der Waals surface area contributed by atoms with Crippen molar-refractivity contribution in [2.24, 2.45) is 5.73 Å². The van der Waals surface area contributed by atoms with Crippen molar-refractivity contribution in [2.45, 2.75) is 12.1 Å². The molecule has 0 aliphatic carbocycles. The quantitative estimate of drug-likeness (QED) is 0.595. The second-order valence-corrected chi connectivity index (χ2v) is 5.19. The van der Waals surface area contributed by atoms with Gasteiger partial charge in [-0.15, -0.1) is 0 Å². The third kappa shape index (κ3) is 2.28. The predicted molar refractivity (Wildman–Crippen MR) is 65.6 cm³/mol. The Bertz CT molecular complexity index is 582. The van der Waals surface area contributed by atoms with Crippen molar-refractivity contribution in [2.75, 3.05) is 0 Å². The number of carbonyl (C=O) groups excluding carboxylic acids is 1. The fourth-order valence-corrected chi connectivity index (χ4v) is 2.60. The molecule has 1 heterocycles. The van der Waals surface area contributed by atoms with E-state index in [-0.39, 0.29) is 0 Å². The molecule has 2 rings (SSSR count). The predicted octanol–water partition coefficient (Wildman–Crippen LogP) is 0.0407. The number of hydrogen-bond acceptors (Lipinski definition) is 4. The summed E-state index contributed by atoms with van der Waals surface area (Å²) in [4.78, 5) is 11.3. The monoisotopic (exact) mass is 268 g/mol. The van der Waals surface area contributed by atoms with Crippen molar-refractivity contribution in [3.8, 4) is 0 Å². The van der Waals surface area contributed by atoms with Crippen LogP contribution < -0.4 is 5.73 Å². The minimum atomic E-state index is -4.55. The first-order valence-corrected chi connectivity index (χ1v) is 6.60. The van der Waals surface area contributed by atoms with Crippen LogP contribution in [0.4, 0.5) is 0 Å². The van der Waals surface area contributed by atoms with E-state index in [0.29, 0.717) is 4.31 Å². The Morgan fingerprint density at radius 1 is 1.28 bits per heavy atom. The van der Waals surface area contributed by atoms with Crippen LogP contribution in [0.25, 0.3) is 6.08 Å². The van der Waals surface area contributed by atoms with Crippen LogP contribution in [0.15, 0.2) is 36.4 Å². The standard InChI is InChI=1S/C11H12N2O4S/c12-10-9(13(11(10)14)18(15,16)17)7-6-8-4-2-1-3-5-8/h1-7,9-10H,12H2,(H,15,16,17). The molecule has 0 saturated carbocycles. The van der Waals surface area contributed by atoms with Crippen LogP contribution in [-0.4, -0.2) is 35.3 Å². The van der Waals surface area contributed by atoms with Gasteiger partial charge in [-0.05, 0) is 5.56 Å². The van der Waals surface area contributed by atoms with Crippen molar-refractivity contribution in [3.05, 3.63) is 42.0 Å². The highest BCUT2D eigenvalue weighted by Gasteiger charge is 2.49. The Labute approximate surface area is 105 Å². The number of nitrogens with two attached hydrogens (primary N) is 1. The third-order valence-electron chi connectivity index (χ3n) is 2.68. The molecule has 2 atom stereocenters. The summed E-state index contributed by atoms with van der Waals surface area (Å²) in [5, 5.41) is 0. The molecule has 18 heavy (non-hydrogen) atoms. The van der Waals surface area contributed by atoms with Gasteiger partial charge >= 0.3 is 10.3 Å². The fourth-order valence-electron chi connectivity index (χ4n) is 1.74. The molecular formula is C11H12N2O4S. The number of benzene rings is 1. The molecule has 0 bridgehead atoms. The Morgan fingerprint density at radius 3 is 2.44 bits per heavy atom. The zero-order valence-electron chi connectivity index (χ0n) is 9.30. The number of amides is 1. The highest BCUT2D eigenvalue weighted by molar-refractivity contribution is 7.84. The van der Waals surface area contributed by atoms with E-state index in [9.17, 15) is 13.2 Å². The molecular weight excluding hydrogens is 256 g/mol. The molecule has 1 aromatic rings. The minimum absolute atomic E-state index is 0.372. The number of hydrogen-bond donors (Lipinski definition) is 2. The number of rotatable bonds is 3. The van der Waals surface area contributed by atoms with Crippen LogP contribution in [0.3, 0.4) is 0 Å². The lowest BCUT2D eigenvalue weighted by molar-refractivity contribution is -0.138. The van der Waals surface area contributed by atoms with E-state index in [1.54, 1.807) is 6.08 Å². The van der Waals surface area contributed by atoms with Gasteiger partial charge in [-0.1, -0.05) is 42.5 Å². The molecule has 1 aromatic carbocycles. The first-order chi connectivity index (χ1) is 8.41. The van der Waals surface area contributed by atoms with Crippen molar-refractivity contribution < 1.29 is 17.8 Å². The molecule has 2 unspecified atom stereocenters. The average Bonchev–Trinajstić information content (AvgIpc) is 2.33. The maximum Gasteiger partial charge on any atom is 0.362 e. The van der Waals surface area contributed by atoms with Gasteiger partial charge in [0.2, 0.25) is 0 Å². The Kier molecular flexibility index (Phi) is 3.20. The largest absolute Gasteiger partial charge is 0.362 e. The Morgan fingerprint density at radius 2 is 1.89 bits per heavy atom. The molecule has 1 fully saturated rings. The van der Waals surface area contributed by atoms with Crippen molar-refractivity contribution >= 4 is 22.3 Å². The van der Waals surface area contributed by atoms with Gasteiger partial charge in [0.15, 0.2) is 0 Å². The van der Waals surface area contributed by atoms with Gasteiger partial charge in [0, 0.05) is 0 Å². The summed E-state index contributed by atoms with van der Waals surface area (Å²) < 4.78 is 31.2. The maximum atomic E-state index is 11.3. The third-order valence-corrected chi connectivity index (χ3v) is 3.60. The first kappa shape index (κ1) is 12.7. The topological polar surface area (TPSA) is 101 Å². The summed E-state index contributed by atoms with van der Waals surface area (Å²) >= 11 is 0. The summed E-state index contributed by atoms with van der Waals surface area (Å²) in [6.45, 7) is 0. The molecule has 7 heteroatoms. The SMILES string of the molecule is NC1C(=O)N(S(=O)(=O)O)C1C=Cc1ccccc1. The van der Waals surface area contributed by atoms with E-state index < -0.39 is 28.3 Å². The van der Waals surface area contributed by atoms with Gasteiger partial charge in [0.25, 0.3) is 5.91 Å². The zero-order chi connectivity index (χ0) is 13.3. The van der Waals surface area contributed by atoms with Gasteiger partial charge < -0.3 is 5.73 Å².